The molecule has 29 heavy (non-hydrogen) atoms. The molecular formula is C21H25FN4O2S. The van der Waals surface area contributed by atoms with Crippen LogP contribution in [0.4, 0.5) is 14.9 Å². The molecule has 1 aliphatic heterocycles. The van der Waals surface area contributed by atoms with Crippen molar-refractivity contribution in [2.45, 2.75) is 13.1 Å². The Kier molecular flexibility index (Phi) is 7.89. The first-order chi connectivity index (χ1) is 14.1. The first kappa shape index (κ1) is 21.1. The number of nitrogens with one attached hydrogen (secondary N) is 3. The van der Waals surface area contributed by atoms with Crippen LogP contribution in [0.25, 0.3) is 0 Å². The topological polar surface area (TPSA) is 73.5 Å². The molecule has 0 spiro atoms. The van der Waals surface area contributed by atoms with Gasteiger partial charge in [-0.25, -0.2) is 9.18 Å². The lowest BCUT2D eigenvalue weighted by molar-refractivity contribution is -0.115. The number of para-hydroxylation sites is 1. The van der Waals surface area contributed by atoms with E-state index < -0.39 is 6.03 Å². The van der Waals surface area contributed by atoms with Gasteiger partial charge in [-0.3, -0.25) is 9.69 Å². The third kappa shape index (κ3) is 7.07. The van der Waals surface area contributed by atoms with Gasteiger partial charge in [0.2, 0.25) is 5.91 Å². The highest BCUT2D eigenvalue weighted by Crippen LogP contribution is 2.19. The molecule has 0 radical (unpaired) electrons. The molecule has 1 heterocycles. The molecule has 3 N–H and O–H groups in total. The molecule has 0 saturated carbocycles. The summed E-state index contributed by atoms with van der Waals surface area (Å²) in [6, 6.07) is 13.1. The van der Waals surface area contributed by atoms with Crippen LogP contribution in [-0.4, -0.2) is 48.0 Å². The Morgan fingerprint density at radius 2 is 1.72 bits per heavy atom. The van der Waals surface area contributed by atoms with Crippen LogP contribution in [0.1, 0.15) is 11.1 Å². The van der Waals surface area contributed by atoms with Crippen molar-refractivity contribution in [3.05, 3.63) is 65.5 Å². The molecule has 6 nitrogen and oxygen atoms in total. The van der Waals surface area contributed by atoms with E-state index >= 15 is 0 Å². The quantitative estimate of drug-likeness (QED) is 0.649. The standard InChI is InChI=1S/C21H25FN4O2S/c22-18-7-5-16(6-8-18)13-23-21(28)24-14-20(27)25-19-4-2-1-3-17(19)15-26-9-11-29-12-10-26/h1-8H,9-15H2,(H,25,27)(H2,23,24,28). The molecule has 154 valence electrons. The zero-order valence-corrected chi connectivity index (χ0v) is 16.9. The number of rotatable bonds is 7. The van der Waals surface area contributed by atoms with Crippen LogP contribution < -0.4 is 16.0 Å². The summed E-state index contributed by atoms with van der Waals surface area (Å²) in [5, 5.41) is 8.06. The van der Waals surface area contributed by atoms with Gasteiger partial charge in [-0.05, 0) is 29.3 Å². The number of halogens is 1. The fourth-order valence-electron chi connectivity index (χ4n) is 2.98. The van der Waals surface area contributed by atoms with E-state index in [1.54, 1.807) is 12.1 Å². The maximum Gasteiger partial charge on any atom is 0.315 e. The minimum absolute atomic E-state index is 0.135. The fourth-order valence-corrected chi connectivity index (χ4v) is 3.96. The summed E-state index contributed by atoms with van der Waals surface area (Å²) in [4.78, 5) is 26.5. The maximum atomic E-state index is 12.9. The number of thioether (sulfide) groups is 1. The molecule has 0 aliphatic carbocycles. The van der Waals surface area contributed by atoms with Crippen molar-refractivity contribution in [3.8, 4) is 0 Å². The molecule has 1 aliphatic rings. The van der Waals surface area contributed by atoms with Gasteiger partial charge in [-0.1, -0.05) is 30.3 Å². The Balaban J connectivity index is 1.44. The molecule has 1 fully saturated rings. The van der Waals surface area contributed by atoms with E-state index in [2.05, 4.69) is 20.9 Å². The number of hydrogen-bond donors (Lipinski definition) is 3. The van der Waals surface area contributed by atoms with Crippen LogP contribution in [0.5, 0.6) is 0 Å². The van der Waals surface area contributed by atoms with Gasteiger partial charge in [0.25, 0.3) is 0 Å². The molecule has 0 unspecified atom stereocenters. The Morgan fingerprint density at radius 1 is 1.00 bits per heavy atom. The molecule has 8 heteroatoms. The number of amides is 3. The van der Waals surface area contributed by atoms with E-state index in [0.29, 0.717) is 0 Å². The van der Waals surface area contributed by atoms with Crippen molar-refractivity contribution in [1.82, 2.24) is 15.5 Å². The van der Waals surface area contributed by atoms with E-state index in [4.69, 9.17) is 0 Å². The molecule has 2 aromatic rings. The molecule has 0 aromatic heterocycles. The second-order valence-electron chi connectivity index (χ2n) is 6.76. The van der Waals surface area contributed by atoms with Crippen LogP contribution >= 0.6 is 11.8 Å². The number of nitrogens with zero attached hydrogens (tertiary/aromatic N) is 1. The van der Waals surface area contributed by atoms with Crippen molar-refractivity contribution in [2.24, 2.45) is 0 Å². The lowest BCUT2D eigenvalue weighted by atomic mass is 10.1. The first-order valence-electron chi connectivity index (χ1n) is 9.54. The third-order valence-electron chi connectivity index (χ3n) is 4.56. The van der Waals surface area contributed by atoms with Gasteiger partial charge in [0.15, 0.2) is 0 Å². The minimum atomic E-state index is -0.455. The van der Waals surface area contributed by atoms with Gasteiger partial charge >= 0.3 is 6.03 Å². The number of urea groups is 1. The van der Waals surface area contributed by atoms with Crippen LogP contribution in [0.2, 0.25) is 0 Å². The van der Waals surface area contributed by atoms with Gasteiger partial charge in [0.1, 0.15) is 5.82 Å². The lowest BCUT2D eigenvalue weighted by Crippen LogP contribution is -2.39. The molecular weight excluding hydrogens is 391 g/mol. The molecule has 1 saturated heterocycles. The van der Waals surface area contributed by atoms with Crippen molar-refractivity contribution in [1.29, 1.82) is 0 Å². The smallest absolute Gasteiger partial charge is 0.315 e. The number of hydrogen-bond acceptors (Lipinski definition) is 4. The average molecular weight is 417 g/mol. The zero-order chi connectivity index (χ0) is 20.5. The largest absolute Gasteiger partial charge is 0.334 e. The van der Waals surface area contributed by atoms with Crippen molar-refractivity contribution < 1.29 is 14.0 Å². The minimum Gasteiger partial charge on any atom is -0.334 e. The molecule has 3 rings (SSSR count). The highest BCUT2D eigenvalue weighted by Gasteiger charge is 2.14. The third-order valence-corrected chi connectivity index (χ3v) is 5.51. The van der Waals surface area contributed by atoms with Crippen molar-refractivity contribution in [2.75, 3.05) is 36.5 Å². The van der Waals surface area contributed by atoms with Gasteiger partial charge < -0.3 is 16.0 Å². The lowest BCUT2D eigenvalue weighted by Gasteiger charge is -2.27. The Bertz CT molecular complexity index is 826. The molecule has 0 bridgehead atoms. The summed E-state index contributed by atoms with van der Waals surface area (Å²) in [6.07, 6.45) is 0. The average Bonchev–Trinajstić information content (AvgIpc) is 2.74. The zero-order valence-electron chi connectivity index (χ0n) is 16.1. The second kappa shape index (κ2) is 10.8. The predicted molar refractivity (Wildman–Crippen MR) is 114 cm³/mol. The second-order valence-corrected chi connectivity index (χ2v) is 7.98. The monoisotopic (exact) mass is 416 g/mol. The van der Waals surface area contributed by atoms with Crippen LogP contribution in [0, 0.1) is 5.82 Å². The predicted octanol–water partition coefficient (Wildman–Crippen LogP) is 2.81. The van der Waals surface area contributed by atoms with E-state index in [1.807, 2.05) is 36.0 Å². The maximum absolute atomic E-state index is 12.9. The summed E-state index contributed by atoms with van der Waals surface area (Å²) in [6.45, 7) is 3.00. The highest BCUT2D eigenvalue weighted by molar-refractivity contribution is 7.99. The van der Waals surface area contributed by atoms with E-state index in [9.17, 15) is 14.0 Å². The number of benzene rings is 2. The highest BCUT2D eigenvalue weighted by atomic mass is 32.2. The van der Waals surface area contributed by atoms with Gasteiger partial charge in [0, 0.05) is 43.4 Å². The molecule has 3 amide bonds. The Labute approximate surface area is 174 Å². The van der Waals surface area contributed by atoms with Crippen LogP contribution in [-0.2, 0) is 17.9 Å². The van der Waals surface area contributed by atoms with Gasteiger partial charge in [0.05, 0.1) is 6.54 Å². The summed E-state index contributed by atoms with van der Waals surface area (Å²) >= 11 is 1.96. The summed E-state index contributed by atoms with van der Waals surface area (Å²) in [5.74, 6) is 1.65. The van der Waals surface area contributed by atoms with Crippen molar-refractivity contribution >= 4 is 29.4 Å². The number of anilines is 1. The van der Waals surface area contributed by atoms with E-state index in [-0.39, 0.29) is 24.8 Å². The summed E-state index contributed by atoms with van der Waals surface area (Å²) in [7, 11) is 0. The Hall–Kier alpha value is -2.58. The van der Waals surface area contributed by atoms with Crippen LogP contribution in [0.15, 0.2) is 48.5 Å². The summed E-state index contributed by atoms with van der Waals surface area (Å²) < 4.78 is 12.9. The van der Waals surface area contributed by atoms with E-state index in [0.717, 1.165) is 48.0 Å². The SMILES string of the molecule is O=C(CNC(=O)NCc1ccc(F)cc1)Nc1ccccc1CN1CCSCC1. The number of carbonyl (C=O) groups excluding carboxylic acids is 2. The summed E-state index contributed by atoms with van der Waals surface area (Å²) in [5.41, 5.74) is 2.61. The molecule has 2 aromatic carbocycles. The van der Waals surface area contributed by atoms with Crippen LogP contribution in [0.3, 0.4) is 0 Å². The first-order valence-corrected chi connectivity index (χ1v) is 10.7. The Morgan fingerprint density at radius 3 is 2.48 bits per heavy atom. The van der Waals surface area contributed by atoms with E-state index in [1.165, 1.54) is 12.1 Å². The molecule has 0 atom stereocenters. The van der Waals surface area contributed by atoms with Gasteiger partial charge in [-0.2, -0.15) is 11.8 Å². The normalized spacial score (nSPS) is 14.2. The van der Waals surface area contributed by atoms with Crippen molar-refractivity contribution in [3.63, 3.8) is 0 Å². The van der Waals surface area contributed by atoms with Gasteiger partial charge in [-0.15, -0.1) is 0 Å². The number of carbonyl (C=O) groups is 2. The fraction of sp³-hybridized carbons (Fsp3) is 0.333.